The number of halogens is 1. The van der Waals surface area contributed by atoms with E-state index in [1.807, 2.05) is 31.2 Å². The number of hydrogen-bond donors (Lipinski definition) is 2. The Kier molecular flexibility index (Phi) is 5.63. The van der Waals surface area contributed by atoms with Gasteiger partial charge in [0.05, 0.1) is 12.1 Å². The average Bonchev–Trinajstić information content (AvgIpc) is 3.11. The molecule has 3 N–H and O–H groups in total. The topological polar surface area (TPSA) is 64.3 Å². The second-order valence-corrected chi connectivity index (χ2v) is 4.70. The van der Waals surface area contributed by atoms with E-state index in [1.54, 1.807) is 0 Å². The molecule has 0 bridgehead atoms. The molecule has 1 aliphatic rings. The Morgan fingerprint density at radius 2 is 2.11 bits per heavy atom. The first-order chi connectivity index (χ1) is 8.65. The van der Waals surface area contributed by atoms with E-state index in [4.69, 9.17) is 10.5 Å². The minimum atomic E-state index is -0.584. The molecule has 19 heavy (non-hydrogen) atoms. The van der Waals surface area contributed by atoms with Crippen LogP contribution in [-0.2, 0) is 11.2 Å². The molecular weight excluding hydrogens is 264 g/mol. The smallest absolute Gasteiger partial charge is 0.240 e. The molecule has 0 radical (unpaired) electrons. The molecule has 0 saturated heterocycles. The van der Waals surface area contributed by atoms with Gasteiger partial charge in [0.1, 0.15) is 5.75 Å². The van der Waals surface area contributed by atoms with Crippen LogP contribution in [0.5, 0.6) is 5.75 Å². The van der Waals surface area contributed by atoms with Gasteiger partial charge in [-0.05, 0) is 37.8 Å². The van der Waals surface area contributed by atoms with Gasteiger partial charge in [0.2, 0.25) is 5.91 Å². The Balaban J connectivity index is 0.00000180. The van der Waals surface area contributed by atoms with Crippen molar-refractivity contribution in [3.05, 3.63) is 29.8 Å². The summed E-state index contributed by atoms with van der Waals surface area (Å²) in [6.07, 6.45) is 2.36. The highest BCUT2D eigenvalue weighted by molar-refractivity contribution is 5.88. The first-order valence-corrected chi connectivity index (χ1v) is 6.43. The summed E-state index contributed by atoms with van der Waals surface area (Å²) < 4.78 is 5.54. The number of benzene rings is 1. The summed E-state index contributed by atoms with van der Waals surface area (Å²) in [6, 6.07) is 7.90. The van der Waals surface area contributed by atoms with Crippen LogP contribution in [0, 0.1) is 0 Å². The molecule has 1 fully saturated rings. The van der Waals surface area contributed by atoms with Gasteiger partial charge in [0.25, 0.3) is 0 Å². The molecule has 1 amide bonds. The van der Waals surface area contributed by atoms with Crippen molar-refractivity contribution in [2.45, 2.75) is 31.7 Å². The van der Waals surface area contributed by atoms with Gasteiger partial charge in [-0.3, -0.25) is 4.79 Å². The maximum absolute atomic E-state index is 11.7. The molecule has 2 rings (SSSR count). The highest BCUT2D eigenvalue weighted by Crippen LogP contribution is 2.32. The fraction of sp³-hybridized carbons (Fsp3) is 0.500. The van der Waals surface area contributed by atoms with Crippen molar-refractivity contribution in [3.8, 4) is 5.75 Å². The molecule has 0 aliphatic heterocycles. The summed E-state index contributed by atoms with van der Waals surface area (Å²) in [5.41, 5.74) is 6.34. The molecular formula is C14H21ClN2O2. The van der Waals surface area contributed by atoms with Gasteiger partial charge in [0, 0.05) is 6.54 Å². The van der Waals surface area contributed by atoms with Gasteiger partial charge >= 0.3 is 0 Å². The van der Waals surface area contributed by atoms with Crippen LogP contribution < -0.4 is 15.8 Å². The zero-order valence-corrected chi connectivity index (χ0v) is 12.0. The maximum atomic E-state index is 11.7. The highest BCUT2D eigenvalue weighted by atomic mass is 35.5. The first kappa shape index (κ1) is 15.8. The third-order valence-electron chi connectivity index (χ3n) is 3.19. The lowest BCUT2D eigenvalue weighted by Crippen LogP contribution is -2.43. The minimum Gasteiger partial charge on any atom is -0.494 e. The largest absolute Gasteiger partial charge is 0.494 e. The van der Waals surface area contributed by atoms with E-state index in [0.29, 0.717) is 13.2 Å². The second-order valence-electron chi connectivity index (χ2n) is 4.70. The third kappa shape index (κ3) is 4.11. The molecule has 106 valence electrons. The van der Waals surface area contributed by atoms with Crippen LogP contribution in [0.25, 0.3) is 0 Å². The Hall–Kier alpha value is -1.26. The molecule has 4 nitrogen and oxygen atoms in total. The predicted molar refractivity (Wildman–Crippen MR) is 77.7 cm³/mol. The molecule has 1 aromatic carbocycles. The quantitative estimate of drug-likeness (QED) is 0.835. The zero-order chi connectivity index (χ0) is 13.0. The Labute approximate surface area is 120 Å². The van der Waals surface area contributed by atoms with Crippen molar-refractivity contribution in [2.75, 3.05) is 13.2 Å². The van der Waals surface area contributed by atoms with Crippen LogP contribution in [0.1, 0.15) is 25.3 Å². The standard InChI is InChI=1S/C14H20N2O2.ClH/c1-2-18-12-6-4-3-5-11(12)7-10-16-13(17)14(15)8-9-14;/h3-6H,2,7-10,15H2,1H3,(H,16,17);1H. The first-order valence-electron chi connectivity index (χ1n) is 6.43. The van der Waals surface area contributed by atoms with Gasteiger partial charge in [-0.25, -0.2) is 0 Å². The second kappa shape index (κ2) is 6.78. The third-order valence-corrected chi connectivity index (χ3v) is 3.19. The van der Waals surface area contributed by atoms with E-state index < -0.39 is 5.54 Å². The minimum absolute atomic E-state index is 0. The summed E-state index contributed by atoms with van der Waals surface area (Å²) >= 11 is 0. The molecule has 0 unspecified atom stereocenters. The van der Waals surface area contributed by atoms with Crippen molar-refractivity contribution in [1.82, 2.24) is 5.32 Å². The van der Waals surface area contributed by atoms with Crippen LogP contribution in [0.2, 0.25) is 0 Å². The summed E-state index contributed by atoms with van der Waals surface area (Å²) in [6.45, 7) is 3.21. The number of carbonyl (C=O) groups excluding carboxylic acids is 1. The van der Waals surface area contributed by atoms with Crippen LogP contribution in [0.3, 0.4) is 0 Å². The van der Waals surface area contributed by atoms with Crippen molar-refractivity contribution in [3.63, 3.8) is 0 Å². The molecule has 1 aromatic rings. The van der Waals surface area contributed by atoms with E-state index in [0.717, 1.165) is 30.6 Å². The summed E-state index contributed by atoms with van der Waals surface area (Å²) in [5.74, 6) is 0.861. The van der Waals surface area contributed by atoms with Gasteiger partial charge in [0.15, 0.2) is 0 Å². The van der Waals surface area contributed by atoms with Gasteiger partial charge < -0.3 is 15.8 Å². The number of rotatable bonds is 6. The fourth-order valence-electron chi connectivity index (χ4n) is 1.86. The molecule has 0 heterocycles. The monoisotopic (exact) mass is 284 g/mol. The van der Waals surface area contributed by atoms with Crippen molar-refractivity contribution in [2.24, 2.45) is 5.73 Å². The molecule has 1 saturated carbocycles. The van der Waals surface area contributed by atoms with Crippen molar-refractivity contribution in [1.29, 1.82) is 0 Å². The normalized spacial score (nSPS) is 15.3. The van der Waals surface area contributed by atoms with E-state index in [2.05, 4.69) is 5.32 Å². The van der Waals surface area contributed by atoms with Gasteiger partial charge in [-0.15, -0.1) is 12.4 Å². The van der Waals surface area contributed by atoms with E-state index in [-0.39, 0.29) is 18.3 Å². The van der Waals surface area contributed by atoms with Crippen molar-refractivity contribution < 1.29 is 9.53 Å². The number of nitrogens with one attached hydrogen (secondary N) is 1. The average molecular weight is 285 g/mol. The van der Waals surface area contributed by atoms with E-state index >= 15 is 0 Å². The lowest BCUT2D eigenvalue weighted by Gasteiger charge is -2.12. The van der Waals surface area contributed by atoms with Crippen LogP contribution >= 0.6 is 12.4 Å². The molecule has 0 atom stereocenters. The highest BCUT2D eigenvalue weighted by Gasteiger charge is 2.45. The number of nitrogens with two attached hydrogens (primary N) is 1. The van der Waals surface area contributed by atoms with Crippen LogP contribution in [-0.4, -0.2) is 24.6 Å². The Morgan fingerprint density at radius 1 is 1.42 bits per heavy atom. The fourth-order valence-corrected chi connectivity index (χ4v) is 1.86. The number of hydrogen-bond acceptors (Lipinski definition) is 3. The lowest BCUT2D eigenvalue weighted by atomic mass is 10.1. The number of amides is 1. The molecule has 5 heteroatoms. The number of para-hydroxylation sites is 1. The van der Waals surface area contributed by atoms with E-state index in [9.17, 15) is 4.79 Å². The molecule has 0 spiro atoms. The van der Waals surface area contributed by atoms with Crippen LogP contribution in [0.4, 0.5) is 0 Å². The zero-order valence-electron chi connectivity index (χ0n) is 11.1. The van der Waals surface area contributed by atoms with Gasteiger partial charge in [-0.1, -0.05) is 18.2 Å². The SMILES string of the molecule is CCOc1ccccc1CCNC(=O)C1(N)CC1.Cl. The summed E-state index contributed by atoms with van der Waals surface area (Å²) in [4.78, 5) is 11.7. The number of carbonyl (C=O) groups is 1. The predicted octanol–water partition coefficient (Wildman–Crippen LogP) is 1.66. The Bertz CT molecular complexity index is 433. The summed E-state index contributed by atoms with van der Waals surface area (Å²) in [7, 11) is 0. The van der Waals surface area contributed by atoms with Crippen molar-refractivity contribution >= 4 is 18.3 Å². The number of ether oxygens (including phenoxy) is 1. The maximum Gasteiger partial charge on any atom is 0.240 e. The summed E-state index contributed by atoms with van der Waals surface area (Å²) in [5, 5.41) is 2.88. The lowest BCUT2D eigenvalue weighted by molar-refractivity contribution is -0.123. The molecule has 1 aliphatic carbocycles. The Morgan fingerprint density at radius 3 is 2.74 bits per heavy atom. The van der Waals surface area contributed by atoms with E-state index in [1.165, 1.54) is 0 Å². The molecule has 0 aromatic heterocycles. The van der Waals surface area contributed by atoms with Gasteiger partial charge in [-0.2, -0.15) is 0 Å². The van der Waals surface area contributed by atoms with Crippen LogP contribution in [0.15, 0.2) is 24.3 Å².